The first kappa shape index (κ1) is 39.6. The van der Waals surface area contributed by atoms with Gasteiger partial charge < -0.3 is 25.2 Å². The van der Waals surface area contributed by atoms with E-state index in [1.807, 2.05) is 42.5 Å². The fourth-order valence-electron chi connectivity index (χ4n) is 13.2. The van der Waals surface area contributed by atoms with Crippen molar-refractivity contribution in [2.24, 2.45) is 50.7 Å². The summed E-state index contributed by atoms with van der Waals surface area (Å²) in [6, 6.07) is 13.4. The molecular weight excluding hydrogens is 661 g/mol. The van der Waals surface area contributed by atoms with Gasteiger partial charge in [-0.2, -0.15) is 0 Å². The first-order valence-corrected chi connectivity index (χ1v) is 20.6. The number of rotatable bonds is 11. The van der Waals surface area contributed by atoms with Crippen LogP contribution in [0, 0.1) is 50.7 Å². The predicted molar refractivity (Wildman–Crippen MR) is 212 cm³/mol. The average molecular weight is 729 g/mol. The smallest absolute Gasteiger partial charge is 0.251 e. The molecule has 0 saturated heterocycles. The fourth-order valence-corrected chi connectivity index (χ4v) is 13.2. The van der Waals surface area contributed by atoms with E-state index < -0.39 is 5.41 Å². The second-order valence-corrected chi connectivity index (χ2v) is 18.8. The highest BCUT2D eigenvalue weighted by Crippen LogP contribution is 2.75. The Bertz CT molecular complexity index is 1630. The largest absolute Gasteiger partial charge is 0.497 e. The number of hydrogen-bond donors (Lipinski definition) is 3. The molecule has 0 radical (unpaired) electrons. The third-order valence-corrected chi connectivity index (χ3v) is 16.4. The number of aliphatic hydroxyl groups excluding tert-OH is 1. The molecule has 4 aliphatic carbocycles. The highest BCUT2D eigenvalue weighted by atomic mass is 16.5. The lowest BCUT2D eigenvalue weighted by atomic mass is 9.32. The molecule has 2 amide bonds. The summed E-state index contributed by atoms with van der Waals surface area (Å²) in [6.07, 6.45) is 11.2. The number of aliphatic hydroxyl groups is 1. The number of hydrogen-bond acceptors (Lipinski definition) is 5. The maximum Gasteiger partial charge on any atom is 0.251 e. The Balaban J connectivity index is 1.12. The third-order valence-electron chi connectivity index (χ3n) is 16.4. The van der Waals surface area contributed by atoms with E-state index in [2.05, 4.69) is 59.1 Å². The molecule has 0 heterocycles. The summed E-state index contributed by atoms with van der Waals surface area (Å²) in [6.45, 7) is 18.0. The standard InChI is InChI=1S/C46H68N2O5/c1-10-19-46(41(51)48-29-32-12-11-13-33(25-32)40(50)47-24-18-31-26-34(52-8)28-35(27-31)53-9)23-22-44(6)36(30(46)2)14-15-38-43(5)20-17-39(49)42(3,4)37(43)16-21-45(38,44)7/h11-13,25-28,30,36-39,49H,10,14-24,29H2,1-9H3,(H,47,50)(H,48,51)/t30?,36?,37?,38?,39?,43?,44-,45?,46?/m1/s1. The highest BCUT2D eigenvalue weighted by molar-refractivity contribution is 5.94. The first-order valence-electron chi connectivity index (χ1n) is 20.6. The summed E-state index contributed by atoms with van der Waals surface area (Å²) >= 11 is 0. The Kier molecular flexibility index (Phi) is 11.1. The van der Waals surface area contributed by atoms with Gasteiger partial charge in [0.05, 0.1) is 25.7 Å². The predicted octanol–water partition coefficient (Wildman–Crippen LogP) is 9.14. The van der Waals surface area contributed by atoms with Gasteiger partial charge >= 0.3 is 0 Å². The van der Waals surface area contributed by atoms with Crippen LogP contribution in [0.2, 0.25) is 0 Å². The first-order chi connectivity index (χ1) is 25.1. The second-order valence-electron chi connectivity index (χ2n) is 18.8. The Morgan fingerprint density at radius 3 is 2.21 bits per heavy atom. The maximum atomic E-state index is 14.5. The van der Waals surface area contributed by atoms with E-state index in [0.717, 1.165) is 61.2 Å². The van der Waals surface area contributed by atoms with Crippen molar-refractivity contribution in [3.8, 4) is 11.5 Å². The van der Waals surface area contributed by atoms with Gasteiger partial charge in [0.2, 0.25) is 5.91 Å². The molecule has 0 spiro atoms. The zero-order valence-electron chi connectivity index (χ0n) is 34.2. The van der Waals surface area contributed by atoms with E-state index in [1.54, 1.807) is 14.2 Å². The van der Waals surface area contributed by atoms with Crippen molar-refractivity contribution >= 4 is 11.8 Å². The molecule has 4 aliphatic rings. The van der Waals surface area contributed by atoms with E-state index in [0.29, 0.717) is 42.8 Å². The van der Waals surface area contributed by atoms with Crippen molar-refractivity contribution in [1.82, 2.24) is 10.6 Å². The highest BCUT2D eigenvalue weighted by Gasteiger charge is 2.69. The van der Waals surface area contributed by atoms with Crippen LogP contribution in [0.1, 0.15) is 134 Å². The topological polar surface area (TPSA) is 96.9 Å². The summed E-state index contributed by atoms with van der Waals surface area (Å²) in [5.74, 6) is 3.49. The molecule has 0 aliphatic heterocycles. The number of methoxy groups -OCH3 is 2. The average Bonchev–Trinajstić information content (AvgIpc) is 3.14. The maximum absolute atomic E-state index is 14.5. The summed E-state index contributed by atoms with van der Waals surface area (Å²) in [5.41, 5.74) is 2.77. The molecule has 8 unspecified atom stereocenters. The fraction of sp³-hybridized carbons (Fsp3) is 0.696. The van der Waals surface area contributed by atoms with Crippen LogP contribution in [0.15, 0.2) is 42.5 Å². The Morgan fingerprint density at radius 1 is 0.811 bits per heavy atom. The van der Waals surface area contributed by atoms with Crippen LogP contribution in [0.3, 0.4) is 0 Å². The Labute approximate surface area is 319 Å². The van der Waals surface area contributed by atoms with Crippen molar-refractivity contribution in [3.05, 3.63) is 59.2 Å². The van der Waals surface area contributed by atoms with Gasteiger partial charge in [-0.1, -0.05) is 67.0 Å². The number of carbonyl (C=O) groups excluding carboxylic acids is 2. The van der Waals surface area contributed by atoms with Crippen LogP contribution in [-0.4, -0.2) is 43.8 Å². The normalized spacial score (nSPS) is 35.9. The molecule has 2 aromatic rings. The molecule has 0 bridgehead atoms. The summed E-state index contributed by atoms with van der Waals surface area (Å²) in [7, 11) is 3.26. The van der Waals surface area contributed by atoms with Crippen molar-refractivity contribution in [3.63, 3.8) is 0 Å². The van der Waals surface area contributed by atoms with E-state index in [1.165, 1.54) is 25.7 Å². The minimum Gasteiger partial charge on any atom is -0.497 e. The Hall–Kier alpha value is -3.06. The van der Waals surface area contributed by atoms with Crippen LogP contribution >= 0.6 is 0 Å². The molecule has 7 nitrogen and oxygen atoms in total. The lowest BCUT2D eigenvalue weighted by Gasteiger charge is -2.72. The van der Waals surface area contributed by atoms with Gasteiger partial charge in [-0.25, -0.2) is 0 Å². The quantitative estimate of drug-likeness (QED) is 0.215. The van der Waals surface area contributed by atoms with E-state index in [-0.39, 0.29) is 45.5 Å². The lowest BCUT2D eigenvalue weighted by Crippen LogP contribution is -2.67. The van der Waals surface area contributed by atoms with E-state index in [4.69, 9.17) is 9.47 Å². The second kappa shape index (κ2) is 14.9. The molecule has 2 aromatic carbocycles. The molecule has 7 heteroatoms. The number of nitrogens with one attached hydrogen (secondary N) is 2. The van der Waals surface area contributed by atoms with Crippen molar-refractivity contribution in [2.45, 2.75) is 132 Å². The van der Waals surface area contributed by atoms with Gasteiger partial charge in [-0.3, -0.25) is 9.59 Å². The summed E-state index contributed by atoms with van der Waals surface area (Å²) in [4.78, 5) is 27.7. The number of amides is 2. The van der Waals surface area contributed by atoms with Crippen LogP contribution < -0.4 is 20.1 Å². The molecule has 6 rings (SSSR count). The molecule has 3 N–H and O–H groups in total. The van der Waals surface area contributed by atoms with Crippen LogP contribution in [0.5, 0.6) is 11.5 Å². The molecule has 4 saturated carbocycles. The van der Waals surface area contributed by atoms with Crippen LogP contribution in [0.4, 0.5) is 0 Å². The molecule has 0 aromatic heterocycles. The zero-order valence-corrected chi connectivity index (χ0v) is 34.2. The molecule has 292 valence electrons. The monoisotopic (exact) mass is 729 g/mol. The van der Waals surface area contributed by atoms with Crippen molar-refractivity contribution < 1.29 is 24.2 Å². The molecule has 53 heavy (non-hydrogen) atoms. The van der Waals surface area contributed by atoms with E-state index in [9.17, 15) is 14.7 Å². The number of benzene rings is 2. The molecule has 9 atom stereocenters. The van der Waals surface area contributed by atoms with Gasteiger partial charge in [0.15, 0.2) is 0 Å². The minimum atomic E-state index is -0.391. The third kappa shape index (κ3) is 6.69. The minimum absolute atomic E-state index is 0.0455. The molecular formula is C46H68N2O5. The van der Waals surface area contributed by atoms with Gasteiger partial charge in [-0.05, 0) is 145 Å². The molecule has 4 fully saturated rings. The number of fused-ring (bicyclic) bond motifs is 5. The van der Waals surface area contributed by atoms with Gasteiger partial charge in [0.25, 0.3) is 5.91 Å². The lowest BCUT2D eigenvalue weighted by molar-refractivity contribution is -0.246. The van der Waals surface area contributed by atoms with Gasteiger partial charge in [0.1, 0.15) is 11.5 Å². The SMILES string of the molecule is CCCC1(C(=O)NCc2cccc(C(=O)NCCc3cc(OC)cc(OC)c3)c2)CC[C@]2(C)C(CCC3C4(C)CCC(O)C(C)(C)C4CCC32C)C1C. The Morgan fingerprint density at radius 2 is 1.53 bits per heavy atom. The van der Waals surface area contributed by atoms with Crippen molar-refractivity contribution in [2.75, 3.05) is 20.8 Å². The summed E-state index contributed by atoms with van der Waals surface area (Å²) in [5, 5.41) is 17.5. The van der Waals surface area contributed by atoms with Gasteiger partial charge in [0, 0.05) is 24.7 Å². The van der Waals surface area contributed by atoms with Gasteiger partial charge in [-0.15, -0.1) is 0 Å². The summed E-state index contributed by atoms with van der Waals surface area (Å²) < 4.78 is 10.8. The van der Waals surface area contributed by atoms with E-state index >= 15 is 0 Å². The zero-order chi connectivity index (χ0) is 38.4. The van der Waals surface area contributed by atoms with Crippen LogP contribution in [-0.2, 0) is 17.8 Å². The van der Waals surface area contributed by atoms with Crippen molar-refractivity contribution in [1.29, 1.82) is 0 Å². The number of carbonyl (C=O) groups is 2. The number of ether oxygens (including phenoxy) is 2. The van der Waals surface area contributed by atoms with Crippen LogP contribution in [0.25, 0.3) is 0 Å².